The van der Waals surface area contributed by atoms with Gasteiger partial charge in [0, 0.05) is 45.0 Å². The molecule has 0 amide bonds. The lowest BCUT2D eigenvalue weighted by molar-refractivity contribution is -0.00274. The lowest BCUT2D eigenvalue weighted by atomic mass is 9.90. The average Bonchev–Trinajstić information content (AvgIpc) is 3.32. The molecule has 4 unspecified atom stereocenters. The molecule has 0 aromatic heterocycles. The Morgan fingerprint density at radius 1 is 1.07 bits per heavy atom. The van der Waals surface area contributed by atoms with Crippen molar-refractivity contribution in [1.82, 2.24) is 4.90 Å². The summed E-state index contributed by atoms with van der Waals surface area (Å²) in [6.45, 7) is 5.99. The fourth-order valence-corrected chi connectivity index (χ4v) is 5.27. The van der Waals surface area contributed by atoms with Crippen LogP contribution in [0.3, 0.4) is 0 Å². The number of piperazine rings is 1. The van der Waals surface area contributed by atoms with Crippen LogP contribution >= 0.6 is 0 Å². The van der Waals surface area contributed by atoms with Gasteiger partial charge in [0.2, 0.25) is 0 Å². The molecule has 0 radical (unpaired) electrons. The van der Waals surface area contributed by atoms with E-state index in [0.717, 1.165) is 56.3 Å². The molecule has 2 saturated carbocycles. The van der Waals surface area contributed by atoms with E-state index in [9.17, 15) is 5.11 Å². The molecule has 4 rings (SSSR count). The van der Waals surface area contributed by atoms with Gasteiger partial charge in [-0.05, 0) is 61.3 Å². The largest absolute Gasteiger partial charge is 0.497 e. The molecule has 3 fully saturated rings. The van der Waals surface area contributed by atoms with Crippen molar-refractivity contribution in [3.63, 3.8) is 0 Å². The van der Waals surface area contributed by atoms with Crippen molar-refractivity contribution in [1.29, 1.82) is 0 Å². The number of hydrogen-bond acceptors (Lipinski definition) is 5. The molecule has 0 spiro atoms. The molecule has 150 valence electrons. The number of methoxy groups -OCH3 is 1. The summed E-state index contributed by atoms with van der Waals surface area (Å²) < 4.78 is 11.1. The van der Waals surface area contributed by atoms with E-state index in [2.05, 4.69) is 21.9 Å². The minimum absolute atomic E-state index is 0.379. The van der Waals surface area contributed by atoms with Crippen molar-refractivity contribution in [2.45, 2.75) is 31.8 Å². The van der Waals surface area contributed by atoms with Crippen LogP contribution in [0.2, 0.25) is 0 Å². The van der Waals surface area contributed by atoms with Crippen LogP contribution in [0.15, 0.2) is 24.3 Å². The van der Waals surface area contributed by atoms with Gasteiger partial charge in [-0.25, -0.2) is 0 Å². The molecular formula is C22H34N2O3. The Hall–Kier alpha value is -1.30. The molecule has 1 aromatic rings. The molecule has 2 aliphatic carbocycles. The number of aliphatic hydroxyl groups is 1. The first-order valence-electron chi connectivity index (χ1n) is 10.6. The van der Waals surface area contributed by atoms with Gasteiger partial charge in [-0.3, -0.25) is 4.90 Å². The molecule has 1 aromatic carbocycles. The highest BCUT2D eigenvalue weighted by Crippen LogP contribution is 2.48. The van der Waals surface area contributed by atoms with Crippen LogP contribution in [0.25, 0.3) is 0 Å². The summed E-state index contributed by atoms with van der Waals surface area (Å²) >= 11 is 0. The normalized spacial score (nSPS) is 29.3. The fraction of sp³-hybridized carbons (Fsp3) is 0.727. The number of fused-ring (bicyclic) bond motifs is 2. The Labute approximate surface area is 163 Å². The van der Waals surface area contributed by atoms with E-state index in [0.29, 0.717) is 13.2 Å². The van der Waals surface area contributed by atoms with Gasteiger partial charge in [0.05, 0.1) is 19.8 Å². The second-order valence-corrected chi connectivity index (χ2v) is 8.61. The van der Waals surface area contributed by atoms with Crippen molar-refractivity contribution in [3.05, 3.63) is 24.3 Å². The standard InChI is InChI=1S/C22H34N2O3/c1-26-22-6-4-20(5-7-22)24-10-8-23(9-11-24)14-21(25)16-27-15-19-13-17-2-3-18(19)12-17/h4-7,17-19,21,25H,2-3,8-16H2,1H3. The molecule has 1 aliphatic heterocycles. The Morgan fingerprint density at radius 2 is 1.85 bits per heavy atom. The predicted molar refractivity (Wildman–Crippen MR) is 107 cm³/mol. The molecule has 1 N–H and O–H groups in total. The van der Waals surface area contributed by atoms with E-state index in [1.54, 1.807) is 7.11 Å². The van der Waals surface area contributed by atoms with Gasteiger partial charge in [-0.1, -0.05) is 6.42 Å². The third-order valence-corrected chi connectivity index (χ3v) is 6.81. The van der Waals surface area contributed by atoms with E-state index < -0.39 is 0 Å². The maximum absolute atomic E-state index is 10.4. The highest BCUT2D eigenvalue weighted by molar-refractivity contribution is 5.49. The molecular weight excluding hydrogens is 340 g/mol. The van der Waals surface area contributed by atoms with Crippen LogP contribution in [0.4, 0.5) is 5.69 Å². The molecule has 3 aliphatic rings. The molecule has 27 heavy (non-hydrogen) atoms. The monoisotopic (exact) mass is 374 g/mol. The first-order valence-corrected chi connectivity index (χ1v) is 10.6. The Bertz CT molecular complexity index is 586. The van der Waals surface area contributed by atoms with Gasteiger partial charge >= 0.3 is 0 Å². The maximum atomic E-state index is 10.4. The van der Waals surface area contributed by atoms with Crippen LogP contribution in [-0.2, 0) is 4.74 Å². The van der Waals surface area contributed by atoms with Gasteiger partial charge in [-0.15, -0.1) is 0 Å². The topological polar surface area (TPSA) is 45.2 Å². The quantitative estimate of drug-likeness (QED) is 0.758. The second-order valence-electron chi connectivity index (χ2n) is 8.61. The van der Waals surface area contributed by atoms with Crippen LogP contribution in [0, 0.1) is 17.8 Å². The van der Waals surface area contributed by atoms with Crippen molar-refractivity contribution < 1.29 is 14.6 Å². The fourth-order valence-electron chi connectivity index (χ4n) is 5.27. The summed E-state index contributed by atoms with van der Waals surface area (Å²) in [7, 11) is 1.70. The van der Waals surface area contributed by atoms with Gasteiger partial charge in [0.15, 0.2) is 0 Å². The second kappa shape index (κ2) is 8.80. The summed E-state index contributed by atoms with van der Waals surface area (Å²) in [5.41, 5.74) is 1.24. The Kier molecular flexibility index (Phi) is 6.21. The number of benzene rings is 1. The van der Waals surface area contributed by atoms with Crippen molar-refractivity contribution in [2.24, 2.45) is 17.8 Å². The number of nitrogens with zero attached hydrogens (tertiary/aromatic N) is 2. The summed E-state index contributed by atoms with van der Waals surface area (Å²) in [4.78, 5) is 4.75. The molecule has 4 atom stereocenters. The lowest BCUT2D eigenvalue weighted by Gasteiger charge is -2.37. The van der Waals surface area contributed by atoms with E-state index in [-0.39, 0.29) is 6.10 Å². The summed E-state index contributed by atoms with van der Waals surface area (Å²) in [5.74, 6) is 3.52. The predicted octanol–water partition coefficient (Wildman–Crippen LogP) is 2.63. The zero-order chi connectivity index (χ0) is 18.6. The zero-order valence-corrected chi connectivity index (χ0v) is 16.6. The number of ether oxygens (including phenoxy) is 2. The highest BCUT2D eigenvalue weighted by atomic mass is 16.5. The SMILES string of the molecule is COc1ccc(N2CCN(CC(O)COCC3CC4CCC3C4)CC2)cc1. The molecule has 5 heteroatoms. The minimum atomic E-state index is -0.379. The Balaban J connectivity index is 1.13. The number of aliphatic hydroxyl groups excluding tert-OH is 1. The van der Waals surface area contributed by atoms with Crippen LogP contribution in [0.1, 0.15) is 25.7 Å². The molecule has 1 heterocycles. The number of rotatable bonds is 8. The first kappa shape index (κ1) is 19.0. The van der Waals surface area contributed by atoms with E-state index in [1.165, 1.54) is 31.4 Å². The lowest BCUT2D eigenvalue weighted by Crippen LogP contribution is -2.49. The van der Waals surface area contributed by atoms with Gasteiger partial charge < -0.3 is 19.5 Å². The van der Waals surface area contributed by atoms with E-state index in [1.807, 2.05) is 12.1 Å². The van der Waals surface area contributed by atoms with E-state index >= 15 is 0 Å². The number of β-amino-alcohol motifs (C(OH)–C–C–N with tert-alkyl or cyclic N) is 1. The summed E-state index contributed by atoms with van der Waals surface area (Å²) in [6, 6.07) is 8.26. The van der Waals surface area contributed by atoms with Gasteiger partial charge in [0.25, 0.3) is 0 Å². The van der Waals surface area contributed by atoms with Gasteiger partial charge in [0.1, 0.15) is 5.75 Å². The number of anilines is 1. The smallest absolute Gasteiger partial charge is 0.119 e. The molecule has 2 bridgehead atoms. The first-order chi connectivity index (χ1) is 13.2. The van der Waals surface area contributed by atoms with Crippen LogP contribution in [-0.4, -0.2) is 69.2 Å². The molecule has 5 nitrogen and oxygen atoms in total. The van der Waals surface area contributed by atoms with Crippen molar-refractivity contribution in [2.75, 3.05) is 57.9 Å². The Morgan fingerprint density at radius 3 is 2.48 bits per heavy atom. The summed E-state index contributed by atoms with van der Waals surface area (Å²) in [5, 5.41) is 10.4. The van der Waals surface area contributed by atoms with Crippen LogP contribution < -0.4 is 9.64 Å². The average molecular weight is 375 g/mol. The minimum Gasteiger partial charge on any atom is -0.497 e. The van der Waals surface area contributed by atoms with Gasteiger partial charge in [-0.2, -0.15) is 0 Å². The third kappa shape index (κ3) is 4.76. The maximum Gasteiger partial charge on any atom is 0.119 e. The van der Waals surface area contributed by atoms with Crippen molar-refractivity contribution >= 4 is 5.69 Å². The third-order valence-electron chi connectivity index (χ3n) is 6.81. The highest BCUT2D eigenvalue weighted by Gasteiger charge is 2.39. The number of hydrogen-bond donors (Lipinski definition) is 1. The van der Waals surface area contributed by atoms with E-state index in [4.69, 9.17) is 9.47 Å². The van der Waals surface area contributed by atoms with Crippen LogP contribution in [0.5, 0.6) is 5.75 Å². The zero-order valence-electron chi connectivity index (χ0n) is 16.6. The van der Waals surface area contributed by atoms with Crippen molar-refractivity contribution in [3.8, 4) is 5.75 Å². The molecule has 1 saturated heterocycles. The summed E-state index contributed by atoms with van der Waals surface area (Å²) in [6.07, 6.45) is 5.24.